The van der Waals surface area contributed by atoms with E-state index in [4.69, 9.17) is 4.74 Å². The number of fused-ring (bicyclic) bond motifs is 1. The van der Waals surface area contributed by atoms with Crippen LogP contribution in [0.4, 0.5) is 0 Å². The summed E-state index contributed by atoms with van der Waals surface area (Å²) in [5.74, 6) is -0.382. The second-order valence-corrected chi connectivity index (χ2v) is 5.12. The Bertz CT molecular complexity index is 525. The van der Waals surface area contributed by atoms with Gasteiger partial charge in [-0.3, -0.25) is 0 Å². The highest BCUT2D eigenvalue weighted by molar-refractivity contribution is 14.1. The van der Waals surface area contributed by atoms with Gasteiger partial charge in [0.25, 0.3) is 0 Å². The van der Waals surface area contributed by atoms with Crippen molar-refractivity contribution in [2.75, 3.05) is 0 Å². The summed E-state index contributed by atoms with van der Waals surface area (Å²) in [7, 11) is 0. The number of ether oxygens (including phenoxy) is 1. The Morgan fingerprint density at radius 2 is 2.06 bits per heavy atom. The van der Waals surface area contributed by atoms with Gasteiger partial charge in [0.2, 0.25) is 0 Å². The van der Waals surface area contributed by atoms with Crippen LogP contribution in [-0.2, 0) is 4.74 Å². The zero-order valence-corrected chi connectivity index (χ0v) is 10.8. The van der Waals surface area contributed by atoms with Crippen LogP contribution in [0.5, 0.6) is 0 Å². The normalized spacial score (nSPS) is 12.4. The number of hydrogen-bond donors (Lipinski definition) is 0. The van der Waals surface area contributed by atoms with Crippen LogP contribution >= 0.6 is 22.6 Å². The first-order valence-corrected chi connectivity index (χ1v) is 6.11. The monoisotopic (exact) mass is 327 g/mol. The van der Waals surface area contributed by atoms with Crippen LogP contribution in [0.25, 0.3) is 10.8 Å². The van der Waals surface area contributed by atoms with Crippen molar-refractivity contribution >= 4 is 39.3 Å². The first-order valence-electron chi connectivity index (χ1n) is 4.86. The molecule has 0 saturated heterocycles. The molecular formula is C12H10INO2. The van der Waals surface area contributed by atoms with Crippen molar-refractivity contribution < 1.29 is 9.53 Å². The Balaban J connectivity index is 2.35. The van der Waals surface area contributed by atoms with Crippen molar-refractivity contribution in [2.45, 2.75) is 11.0 Å². The number of hydrogen-bond acceptors (Lipinski definition) is 3. The molecule has 0 aliphatic rings. The molecule has 3 nitrogen and oxygen atoms in total. The van der Waals surface area contributed by atoms with E-state index in [1.807, 2.05) is 46.9 Å². The summed E-state index contributed by atoms with van der Waals surface area (Å²) in [4.78, 5) is 15.7. The Morgan fingerprint density at radius 1 is 1.38 bits per heavy atom. The molecule has 0 N–H and O–H groups in total. The number of carbonyl (C=O) groups is 1. The predicted molar refractivity (Wildman–Crippen MR) is 70.6 cm³/mol. The third kappa shape index (κ3) is 2.49. The molecule has 16 heavy (non-hydrogen) atoms. The second-order valence-electron chi connectivity index (χ2n) is 3.37. The molecule has 0 fully saturated rings. The van der Waals surface area contributed by atoms with Crippen LogP contribution in [0.2, 0.25) is 0 Å². The molecule has 82 valence electrons. The molecule has 0 aliphatic carbocycles. The van der Waals surface area contributed by atoms with E-state index < -0.39 is 0 Å². The predicted octanol–water partition coefficient (Wildman–Crippen LogP) is 3.17. The Labute approximate surface area is 107 Å². The number of halogens is 1. The van der Waals surface area contributed by atoms with Gasteiger partial charge in [-0.25, -0.2) is 9.78 Å². The summed E-state index contributed by atoms with van der Waals surface area (Å²) in [5.41, 5.74) is 0.349. The summed E-state index contributed by atoms with van der Waals surface area (Å²) in [6.45, 7) is 1.81. The SMILES string of the molecule is CC(I)OC(=O)c1cc2ccccc2cn1. The van der Waals surface area contributed by atoms with E-state index in [9.17, 15) is 4.79 Å². The van der Waals surface area contributed by atoms with Gasteiger partial charge in [-0.2, -0.15) is 0 Å². The standard InChI is InChI=1S/C12H10INO2/c1-8(13)16-12(15)11-6-9-4-2-3-5-10(9)7-14-11/h2-8H,1H3. The average Bonchev–Trinajstić information content (AvgIpc) is 2.27. The van der Waals surface area contributed by atoms with Crippen molar-refractivity contribution in [3.8, 4) is 0 Å². The third-order valence-corrected chi connectivity index (χ3v) is 2.36. The topological polar surface area (TPSA) is 39.2 Å². The molecule has 1 heterocycles. The first kappa shape index (κ1) is 11.3. The highest BCUT2D eigenvalue weighted by Crippen LogP contribution is 2.14. The number of alkyl halides is 1. The summed E-state index contributed by atoms with van der Waals surface area (Å²) in [6, 6.07) is 9.52. The second kappa shape index (κ2) is 4.78. The number of benzene rings is 1. The molecule has 1 unspecified atom stereocenters. The lowest BCUT2D eigenvalue weighted by molar-refractivity contribution is 0.0495. The minimum absolute atomic E-state index is 0.154. The van der Waals surface area contributed by atoms with Crippen molar-refractivity contribution in [1.29, 1.82) is 0 Å². The van der Waals surface area contributed by atoms with E-state index in [1.54, 1.807) is 19.2 Å². The summed E-state index contributed by atoms with van der Waals surface area (Å²) >= 11 is 2.03. The number of carbonyl (C=O) groups excluding carboxylic acids is 1. The molecule has 2 aromatic rings. The Hall–Kier alpha value is -1.17. The maximum Gasteiger partial charge on any atom is 0.357 e. The maximum atomic E-state index is 11.6. The maximum absolute atomic E-state index is 11.6. The number of aromatic nitrogens is 1. The quantitative estimate of drug-likeness (QED) is 0.483. The molecule has 4 heteroatoms. The lowest BCUT2D eigenvalue weighted by Gasteiger charge is -2.06. The lowest BCUT2D eigenvalue weighted by Crippen LogP contribution is -2.10. The molecule has 1 atom stereocenters. The van der Waals surface area contributed by atoms with E-state index in [2.05, 4.69) is 4.98 Å². The fourth-order valence-corrected chi connectivity index (χ4v) is 1.63. The van der Waals surface area contributed by atoms with Crippen LogP contribution in [0.3, 0.4) is 0 Å². The largest absolute Gasteiger partial charge is 0.447 e. The minimum Gasteiger partial charge on any atom is -0.447 e. The minimum atomic E-state index is -0.382. The number of pyridine rings is 1. The number of rotatable bonds is 2. The molecular weight excluding hydrogens is 317 g/mol. The number of nitrogens with zero attached hydrogens (tertiary/aromatic N) is 1. The average molecular weight is 327 g/mol. The number of esters is 1. The van der Waals surface area contributed by atoms with Gasteiger partial charge in [-0.05, 0) is 41.0 Å². The van der Waals surface area contributed by atoms with Crippen LogP contribution < -0.4 is 0 Å². The van der Waals surface area contributed by atoms with Crippen LogP contribution in [0.1, 0.15) is 17.4 Å². The zero-order valence-electron chi connectivity index (χ0n) is 8.68. The molecule has 2 rings (SSSR count). The molecule has 0 aliphatic heterocycles. The van der Waals surface area contributed by atoms with Crippen molar-refractivity contribution in [2.24, 2.45) is 0 Å². The Morgan fingerprint density at radius 3 is 2.75 bits per heavy atom. The molecule has 1 aromatic heterocycles. The molecule has 0 bridgehead atoms. The van der Waals surface area contributed by atoms with Gasteiger partial charge < -0.3 is 4.74 Å². The van der Waals surface area contributed by atoms with Gasteiger partial charge in [0.05, 0.1) is 0 Å². The molecule has 0 radical (unpaired) electrons. The summed E-state index contributed by atoms with van der Waals surface area (Å²) in [5, 5.41) is 2.01. The summed E-state index contributed by atoms with van der Waals surface area (Å²) < 4.78 is 4.92. The van der Waals surface area contributed by atoms with Crippen molar-refractivity contribution in [1.82, 2.24) is 4.98 Å². The van der Waals surface area contributed by atoms with Gasteiger partial charge in [-0.15, -0.1) is 0 Å². The van der Waals surface area contributed by atoms with Crippen molar-refractivity contribution in [3.05, 3.63) is 42.2 Å². The van der Waals surface area contributed by atoms with E-state index in [0.717, 1.165) is 10.8 Å². The van der Waals surface area contributed by atoms with Crippen LogP contribution in [-0.4, -0.2) is 15.1 Å². The van der Waals surface area contributed by atoms with E-state index in [1.165, 1.54) is 0 Å². The van der Waals surface area contributed by atoms with E-state index >= 15 is 0 Å². The fourth-order valence-electron chi connectivity index (χ4n) is 1.40. The van der Waals surface area contributed by atoms with Crippen molar-refractivity contribution in [3.63, 3.8) is 0 Å². The van der Waals surface area contributed by atoms with Gasteiger partial charge >= 0.3 is 5.97 Å². The first-order chi connectivity index (χ1) is 7.66. The highest BCUT2D eigenvalue weighted by Gasteiger charge is 2.11. The van der Waals surface area contributed by atoms with Gasteiger partial charge in [-0.1, -0.05) is 24.3 Å². The van der Waals surface area contributed by atoms with E-state index in [0.29, 0.717) is 5.69 Å². The van der Waals surface area contributed by atoms with E-state index in [-0.39, 0.29) is 10.1 Å². The van der Waals surface area contributed by atoms with Gasteiger partial charge in [0.1, 0.15) is 9.80 Å². The zero-order chi connectivity index (χ0) is 11.5. The summed E-state index contributed by atoms with van der Waals surface area (Å²) in [6.07, 6.45) is 1.68. The molecule has 0 spiro atoms. The van der Waals surface area contributed by atoms with Gasteiger partial charge in [0, 0.05) is 11.6 Å². The molecule has 0 amide bonds. The molecule has 1 aromatic carbocycles. The smallest absolute Gasteiger partial charge is 0.357 e. The lowest BCUT2D eigenvalue weighted by atomic mass is 10.1. The molecule has 0 saturated carbocycles. The van der Waals surface area contributed by atoms with Gasteiger partial charge in [0.15, 0.2) is 0 Å². The van der Waals surface area contributed by atoms with Crippen LogP contribution in [0.15, 0.2) is 36.5 Å². The van der Waals surface area contributed by atoms with Crippen LogP contribution in [0, 0.1) is 0 Å². The highest BCUT2D eigenvalue weighted by atomic mass is 127. The fraction of sp³-hybridized carbons (Fsp3) is 0.167. The third-order valence-electron chi connectivity index (χ3n) is 2.11. The Kier molecular flexibility index (Phi) is 3.38.